The topological polar surface area (TPSA) is 171 Å². The van der Waals surface area contributed by atoms with Gasteiger partial charge in [0.2, 0.25) is 11.8 Å². The molecule has 3 heterocycles. The number of anilines is 3. The van der Waals surface area contributed by atoms with Crippen molar-refractivity contribution in [3.63, 3.8) is 0 Å². The Kier molecular flexibility index (Phi) is 12.4. The van der Waals surface area contributed by atoms with Crippen LogP contribution in [-0.2, 0) is 30.0 Å². The smallest absolute Gasteiger partial charge is 0.417 e. The van der Waals surface area contributed by atoms with E-state index in [0.29, 0.717) is 50.1 Å². The number of nitrogens with zero attached hydrogens (tertiary/aromatic N) is 4. The maximum atomic E-state index is 13.7. The van der Waals surface area contributed by atoms with Gasteiger partial charge in [-0.15, -0.1) is 0 Å². The van der Waals surface area contributed by atoms with Gasteiger partial charge in [0.25, 0.3) is 17.7 Å². The summed E-state index contributed by atoms with van der Waals surface area (Å²) in [5, 5.41) is 14.5. The molecule has 2 N–H and O–H groups in total. The van der Waals surface area contributed by atoms with Gasteiger partial charge < -0.3 is 24.4 Å². The van der Waals surface area contributed by atoms with Crippen molar-refractivity contribution in [1.29, 1.82) is 5.26 Å². The summed E-state index contributed by atoms with van der Waals surface area (Å²) in [6.07, 6.45) is -4.68. The van der Waals surface area contributed by atoms with Crippen LogP contribution in [0.1, 0.15) is 58.5 Å². The Morgan fingerprint density at radius 2 is 1.50 bits per heavy atom. The van der Waals surface area contributed by atoms with Crippen molar-refractivity contribution < 1.29 is 51.4 Å². The third-order valence-electron chi connectivity index (χ3n) is 10.6. The number of benzene rings is 4. The lowest BCUT2D eigenvalue weighted by molar-refractivity contribution is -0.138. The molecule has 14 nitrogen and oxygen atoms in total. The molecule has 2 saturated heterocycles. The van der Waals surface area contributed by atoms with Crippen LogP contribution >= 0.6 is 12.2 Å². The van der Waals surface area contributed by atoms with Crippen molar-refractivity contribution in [1.82, 2.24) is 10.2 Å². The Morgan fingerprint density at radius 3 is 2.16 bits per heavy atom. The molecular weight excluding hydrogens is 830 g/mol. The van der Waals surface area contributed by atoms with Gasteiger partial charge in [-0.05, 0) is 98.2 Å². The number of ether oxygens (including phenoxy) is 3. The molecule has 2 fully saturated rings. The van der Waals surface area contributed by atoms with E-state index in [1.165, 1.54) is 12.1 Å². The maximum Gasteiger partial charge on any atom is 0.417 e. The zero-order chi connectivity index (χ0) is 44.3. The second-order valence-electron chi connectivity index (χ2n) is 14.9. The van der Waals surface area contributed by atoms with E-state index < -0.39 is 58.4 Å². The van der Waals surface area contributed by atoms with E-state index >= 15 is 0 Å². The molecule has 0 aromatic heterocycles. The van der Waals surface area contributed by atoms with Gasteiger partial charge in [0.15, 0.2) is 5.11 Å². The van der Waals surface area contributed by atoms with Crippen LogP contribution in [0.4, 0.5) is 30.2 Å². The van der Waals surface area contributed by atoms with Crippen LogP contribution in [0.3, 0.4) is 0 Å². The number of rotatable bonds is 15. The molecule has 18 heteroatoms. The number of alkyl halides is 3. The molecule has 320 valence electrons. The SMILES string of the molecule is CC1(C)C(=O)N(c2ccc(C#N)c(C(F)(F)F)c2)C(=S)N1c1ccc(-c2ccc(OCCOCCOCCNc3cccc4c3C(=O)N(C3CCC(=O)NC3=O)C4=O)cc2)cc1. The van der Waals surface area contributed by atoms with Crippen LogP contribution in [0.25, 0.3) is 11.1 Å². The van der Waals surface area contributed by atoms with E-state index in [9.17, 15) is 42.4 Å². The summed E-state index contributed by atoms with van der Waals surface area (Å²) in [5.41, 5.74) is 0.114. The van der Waals surface area contributed by atoms with Crippen molar-refractivity contribution >= 4 is 63.9 Å². The zero-order valence-corrected chi connectivity index (χ0v) is 34.2. The van der Waals surface area contributed by atoms with Crippen LogP contribution in [0.15, 0.2) is 84.9 Å². The molecule has 4 aromatic carbocycles. The minimum absolute atomic E-state index is 0.00594. The molecule has 3 aliphatic rings. The van der Waals surface area contributed by atoms with Gasteiger partial charge in [-0.25, -0.2) is 0 Å². The molecule has 0 spiro atoms. The van der Waals surface area contributed by atoms with Gasteiger partial charge in [0.1, 0.15) is 23.9 Å². The number of hydrogen-bond donors (Lipinski definition) is 2. The third kappa shape index (κ3) is 8.59. The van der Waals surface area contributed by atoms with Gasteiger partial charge in [-0.2, -0.15) is 18.4 Å². The van der Waals surface area contributed by atoms with Gasteiger partial charge >= 0.3 is 6.18 Å². The van der Waals surface area contributed by atoms with Crippen molar-refractivity contribution in [2.75, 3.05) is 54.7 Å². The first-order valence-electron chi connectivity index (χ1n) is 19.5. The number of carbonyl (C=O) groups excluding carboxylic acids is 5. The first kappa shape index (κ1) is 43.4. The van der Waals surface area contributed by atoms with Gasteiger partial charge in [0.05, 0.1) is 60.4 Å². The normalized spacial score (nSPS) is 17.4. The summed E-state index contributed by atoms with van der Waals surface area (Å²) in [4.78, 5) is 67.3. The summed E-state index contributed by atoms with van der Waals surface area (Å²) >= 11 is 5.65. The predicted octanol–water partition coefficient (Wildman–Crippen LogP) is 6.09. The highest BCUT2D eigenvalue weighted by molar-refractivity contribution is 7.81. The van der Waals surface area contributed by atoms with Gasteiger partial charge in [-0.1, -0.05) is 30.3 Å². The number of fused-ring (bicyclic) bond motifs is 1. The fraction of sp³-hybridized carbons (Fsp3) is 0.295. The molecule has 7 rings (SSSR count). The molecule has 0 bridgehead atoms. The minimum Gasteiger partial charge on any atom is -0.491 e. The lowest BCUT2D eigenvalue weighted by atomic mass is 10.0. The zero-order valence-electron chi connectivity index (χ0n) is 33.4. The van der Waals surface area contributed by atoms with E-state index in [1.807, 2.05) is 36.4 Å². The van der Waals surface area contributed by atoms with Crippen LogP contribution in [0.5, 0.6) is 5.75 Å². The average Bonchev–Trinajstić information content (AvgIpc) is 3.60. The summed E-state index contributed by atoms with van der Waals surface area (Å²) in [7, 11) is 0. The molecular formula is C44H39F3N6O8S. The van der Waals surface area contributed by atoms with Crippen LogP contribution in [0, 0.1) is 11.3 Å². The summed E-state index contributed by atoms with van der Waals surface area (Å²) in [6, 6.07) is 23.1. The number of thiocarbonyl (C=S) groups is 1. The van der Waals surface area contributed by atoms with E-state index in [0.717, 1.165) is 33.1 Å². The van der Waals surface area contributed by atoms with Crippen LogP contribution in [-0.4, -0.2) is 90.7 Å². The van der Waals surface area contributed by atoms with E-state index in [2.05, 4.69) is 10.6 Å². The molecule has 0 saturated carbocycles. The molecule has 62 heavy (non-hydrogen) atoms. The molecule has 0 radical (unpaired) electrons. The highest BCUT2D eigenvalue weighted by Gasteiger charge is 2.51. The molecule has 1 atom stereocenters. The number of hydrogen-bond acceptors (Lipinski definition) is 11. The fourth-order valence-electron chi connectivity index (χ4n) is 7.47. The van der Waals surface area contributed by atoms with E-state index in [-0.39, 0.29) is 41.4 Å². The van der Waals surface area contributed by atoms with Crippen molar-refractivity contribution in [2.24, 2.45) is 0 Å². The fourth-order valence-corrected chi connectivity index (χ4v) is 7.99. The quantitative estimate of drug-likeness (QED) is 0.0803. The maximum absolute atomic E-state index is 13.7. The summed E-state index contributed by atoms with van der Waals surface area (Å²) in [5.74, 6) is -2.16. The number of nitriles is 1. The summed E-state index contributed by atoms with van der Waals surface area (Å²) < 4.78 is 58.2. The van der Waals surface area contributed by atoms with Crippen molar-refractivity contribution in [3.05, 3.63) is 107 Å². The highest BCUT2D eigenvalue weighted by Crippen LogP contribution is 2.40. The monoisotopic (exact) mass is 868 g/mol. The number of piperidine rings is 1. The minimum atomic E-state index is -4.80. The Morgan fingerprint density at radius 1 is 0.855 bits per heavy atom. The number of nitrogens with one attached hydrogen (secondary N) is 2. The van der Waals surface area contributed by atoms with E-state index in [4.69, 9.17) is 26.4 Å². The first-order valence-corrected chi connectivity index (χ1v) is 19.9. The molecule has 3 aliphatic heterocycles. The van der Waals surface area contributed by atoms with Gasteiger partial charge in [-0.3, -0.25) is 39.1 Å². The average molecular weight is 869 g/mol. The highest BCUT2D eigenvalue weighted by atomic mass is 32.1. The summed E-state index contributed by atoms with van der Waals surface area (Å²) in [6.45, 7) is 5.11. The Bertz CT molecular complexity index is 2490. The Balaban J connectivity index is 0.832. The number of amides is 5. The first-order chi connectivity index (χ1) is 29.6. The third-order valence-corrected chi connectivity index (χ3v) is 10.9. The molecule has 4 aromatic rings. The largest absolute Gasteiger partial charge is 0.491 e. The van der Waals surface area contributed by atoms with Crippen molar-refractivity contribution in [3.8, 4) is 22.9 Å². The number of imide groups is 2. The molecule has 1 unspecified atom stereocenters. The number of carbonyl (C=O) groups is 5. The van der Waals surface area contributed by atoms with E-state index in [1.54, 1.807) is 49.1 Å². The lowest BCUT2D eigenvalue weighted by Gasteiger charge is -2.29. The van der Waals surface area contributed by atoms with Crippen LogP contribution < -0.4 is 25.2 Å². The molecule has 0 aliphatic carbocycles. The Labute approximate surface area is 359 Å². The van der Waals surface area contributed by atoms with Gasteiger partial charge in [0, 0.05) is 24.3 Å². The molecule has 5 amide bonds. The second-order valence-corrected chi connectivity index (χ2v) is 15.3. The lowest BCUT2D eigenvalue weighted by Crippen LogP contribution is -2.54. The standard InChI is InChI=1S/C44H39F3N6O8S/c1-43(2)41(58)51(30-13-8-28(25-48)33(24-30)44(45,46)47)42(62)53(43)29-11-6-26(7-12-29)27-9-14-31(15-10-27)61-23-22-60-21-20-59-19-18-49-34-5-3-4-32-37(34)40(57)52(39(32)56)35-16-17-36(54)50-38(35)55/h3-15,24,35,49H,16-23H2,1-2H3,(H,50,54,55). The van der Waals surface area contributed by atoms with Crippen LogP contribution in [0.2, 0.25) is 0 Å². The van der Waals surface area contributed by atoms with Crippen molar-refractivity contribution in [2.45, 2.75) is 44.4 Å². The second kappa shape index (κ2) is 17.7. The predicted molar refractivity (Wildman–Crippen MR) is 223 cm³/mol. The Hall–Kier alpha value is -6.68. The number of halogens is 3.